The number of hydrazine groups is 1. The van der Waals surface area contributed by atoms with Crippen molar-refractivity contribution in [3.8, 4) is 0 Å². The molecule has 1 aliphatic rings. The summed E-state index contributed by atoms with van der Waals surface area (Å²) >= 11 is 0. The fraction of sp³-hybridized carbons (Fsp3) is 0.316. The van der Waals surface area contributed by atoms with Crippen molar-refractivity contribution in [2.45, 2.75) is 38.4 Å². The molecule has 24 heavy (non-hydrogen) atoms. The number of hydrogen-bond donors (Lipinski definition) is 3. The van der Waals surface area contributed by atoms with Crippen LogP contribution in [0, 0.1) is 5.82 Å². The predicted octanol–water partition coefficient (Wildman–Crippen LogP) is 2.61. The van der Waals surface area contributed by atoms with Crippen LogP contribution in [0.1, 0.15) is 36.1 Å². The molecule has 0 aliphatic carbocycles. The van der Waals surface area contributed by atoms with Gasteiger partial charge in [-0.3, -0.25) is 4.79 Å². The highest BCUT2D eigenvalue weighted by Crippen LogP contribution is 2.22. The molecular weight excluding hydrogens is 305 g/mol. The monoisotopic (exact) mass is 327 g/mol. The van der Waals surface area contributed by atoms with Crippen LogP contribution >= 0.6 is 0 Å². The van der Waals surface area contributed by atoms with Crippen LogP contribution in [0.4, 0.5) is 4.39 Å². The minimum Gasteiger partial charge on any atom is -0.351 e. The molecule has 0 saturated carbocycles. The first-order valence-corrected chi connectivity index (χ1v) is 8.27. The van der Waals surface area contributed by atoms with Gasteiger partial charge >= 0.3 is 0 Å². The van der Waals surface area contributed by atoms with Crippen molar-refractivity contribution >= 4 is 5.91 Å². The Morgan fingerprint density at radius 3 is 2.42 bits per heavy atom. The fourth-order valence-electron chi connectivity index (χ4n) is 2.85. The van der Waals surface area contributed by atoms with Gasteiger partial charge in [-0.15, -0.1) is 0 Å². The number of amides is 1. The maximum Gasteiger partial charge on any atom is 0.238 e. The zero-order chi connectivity index (χ0) is 16.9. The number of halogens is 1. The summed E-state index contributed by atoms with van der Waals surface area (Å²) in [6.07, 6.45) is 1.64. The molecule has 5 heteroatoms. The van der Waals surface area contributed by atoms with Crippen molar-refractivity contribution in [1.29, 1.82) is 0 Å². The van der Waals surface area contributed by atoms with Gasteiger partial charge in [0.05, 0.1) is 0 Å². The molecule has 2 unspecified atom stereocenters. The summed E-state index contributed by atoms with van der Waals surface area (Å²) in [5, 5.41) is 2.96. The van der Waals surface area contributed by atoms with E-state index in [9.17, 15) is 9.18 Å². The number of hydrogen-bond acceptors (Lipinski definition) is 3. The molecule has 0 radical (unpaired) electrons. The summed E-state index contributed by atoms with van der Waals surface area (Å²) in [7, 11) is 0. The maximum atomic E-state index is 13.0. The molecule has 2 aromatic carbocycles. The second-order valence-corrected chi connectivity index (χ2v) is 6.07. The zero-order valence-electron chi connectivity index (χ0n) is 13.7. The lowest BCUT2D eigenvalue weighted by atomic mass is 10.0. The van der Waals surface area contributed by atoms with Crippen LogP contribution < -0.4 is 16.2 Å². The van der Waals surface area contributed by atoms with Gasteiger partial charge in [0, 0.05) is 12.6 Å². The first-order valence-electron chi connectivity index (χ1n) is 8.27. The van der Waals surface area contributed by atoms with E-state index in [-0.39, 0.29) is 23.8 Å². The summed E-state index contributed by atoms with van der Waals surface area (Å²) in [4.78, 5) is 12.3. The maximum absolute atomic E-state index is 13.0. The van der Waals surface area contributed by atoms with E-state index in [2.05, 4.69) is 35.2 Å². The van der Waals surface area contributed by atoms with Gasteiger partial charge in [-0.1, -0.05) is 43.3 Å². The lowest BCUT2D eigenvalue weighted by Crippen LogP contribution is -2.42. The topological polar surface area (TPSA) is 53.2 Å². The molecule has 0 spiro atoms. The average Bonchev–Trinajstić information content (AvgIpc) is 3.11. The summed E-state index contributed by atoms with van der Waals surface area (Å²) in [6.45, 7) is 2.63. The average molecular weight is 327 g/mol. The third-order valence-electron chi connectivity index (χ3n) is 4.39. The Bertz CT molecular complexity index is 685. The van der Waals surface area contributed by atoms with Crippen LogP contribution in [0.5, 0.6) is 0 Å². The lowest BCUT2D eigenvalue weighted by Gasteiger charge is -2.11. The largest absolute Gasteiger partial charge is 0.351 e. The first kappa shape index (κ1) is 16.6. The first-order chi connectivity index (χ1) is 11.7. The highest BCUT2D eigenvalue weighted by atomic mass is 19.1. The predicted molar refractivity (Wildman–Crippen MR) is 91.5 cm³/mol. The van der Waals surface area contributed by atoms with Gasteiger partial charge in [0.25, 0.3) is 0 Å². The summed E-state index contributed by atoms with van der Waals surface area (Å²) in [5.41, 5.74) is 9.46. The van der Waals surface area contributed by atoms with Crippen molar-refractivity contribution in [3.05, 3.63) is 71.0 Å². The van der Waals surface area contributed by atoms with Crippen molar-refractivity contribution in [1.82, 2.24) is 16.2 Å². The third-order valence-corrected chi connectivity index (χ3v) is 4.39. The van der Waals surface area contributed by atoms with Crippen LogP contribution in [0.2, 0.25) is 0 Å². The number of nitrogens with one attached hydrogen (secondary N) is 3. The Hall–Kier alpha value is -2.24. The molecule has 1 saturated heterocycles. The third kappa shape index (κ3) is 3.99. The van der Waals surface area contributed by atoms with Crippen LogP contribution in [0.3, 0.4) is 0 Å². The standard InChI is InChI=1S/C19H22FN3O/c1-2-13-3-5-14(6-4-13)12-21-19(24)18-11-17(22-23-18)15-7-9-16(20)10-8-15/h3-10,17-18,22-23H,2,11-12H2,1H3,(H,21,24). The molecule has 1 fully saturated rings. The highest BCUT2D eigenvalue weighted by Gasteiger charge is 2.29. The number of aryl methyl sites for hydroxylation is 1. The summed E-state index contributed by atoms with van der Waals surface area (Å²) in [6, 6.07) is 14.3. The summed E-state index contributed by atoms with van der Waals surface area (Å²) < 4.78 is 13.0. The molecule has 1 amide bonds. The van der Waals surface area contributed by atoms with Crippen LogP contribution in [-0.2, 0) is 17.8 Å². The van der Waals surface area contributed by atoms with Crippen LogP contribution in [0.15, 0.2) is 48.5 Å². The van der Waals surface area contributed by atoms with E-state index in [4.69, 9.17) is 0 Å². The van der Waals surface area contributed by atoms with E-state index in [1.165, 1.54) is 17.7 Å². The van der Waals surface area contributed by atoms with Gasteiger partial charge in [0.2, 0.25) is 5.91 Å². The van der Waals surface area contributed by atoms with Gasteiger partial charge in [-0.25, -0.2) is 15.2 Å². The van der Waals surface area contributed by atoms with Crippen molar-refractivity contribution in [2.75, 3.05) is 0 Å². The number of carbonyl (C=O) groups excluding carboxylic acids is 1. The Balaban J connectivity index is 1.51. The molecule has 0 aromatic heterocycles. The van der Waals surface area contributed by atoms with Crippen molar-refractivity contribution in [3.63, 3.8) is 0 Å². The molecule has 2 aromatic rings. The van der Waals surface area contributed by atoms with Gasteiger partial charge < -0.3 is 5.32 Å². The second kappa shape index (κ2) is 7.55. The van der Waals surface area contributed by atoms with Crippen molar-refractivity contribution in [2.24, 2.45) is 0 Å². The second-order valence-electron chi connectivity index (χ2n) is 6.07. The molecular formula is C19H22FN3O. The normalized spacial score (nSPS) is 20.1. The Morgan fingerprint density at radius 2 is 1.75 bits per heavy atom. The quantitative estimate of drug-likeness (QED) is 0.791. The van der Waals surface area contributed by atoms with Crippen LogP contribution in [0.25, 0.3) is 0 Å². The Kier molecular flexibility index (Phi) is 5.23. The van der Waals surface area contributed by atoms with E-state index in [1.54, 1.807) is 12.1 Å². The van der Waals surface area contributed by atoms with E-state index in [1.807, 2.05) is 12.1 Å². The van der Waals surface area contributed by atoms with Gasteiger partial charge in [-0.05, 0) is 41.7 Å². The number of benzene rings is 2. The van der Waals surface area contributed by atoms with E-state index in [0.717, 1.165) is 17.5 Å². The molecule has 4 nitrogen and oxygen atoms in total. The van der Waals surface area contributed by atoms with Gasteiger partial charge in [-0.2, -0.15) is 0 Å². The zero-order valence-corrected chi connectivity index (χ0v) is 13.7. The molecule has 1 aliphatic heterocycles. The number of rotatable bonds is 5. The SMILES string of the molecule is CCc1ccc(CNC(=O)C2CC(c3ccc(F)cc3)NN2)cc1. The Morgan fingerprint density at radius 1 is 1.08 bits per heavy atom. The van der Waals surface area contributed by atoms with E-state index < -0.39 is 0 Å². The Labute approximate surface area is 141 Å². The lowest BCUT2D eigenvalue weighted by molar-refractivity contribution is -0.123. The number of carbonyl (C=O) groups is 1. The van der Waals surface area contributed by atoms with Crippen LogP contribution in [-0.4, -0.2) is 11.9 Å². The fourth-order valence-corrected chi connectivity index (χ4v) is 2.85. The molecule has 0 bridgehead atoms. The molecule has 126 valence electrons. The molecule has 2 atom stereocenters. The molecule has 1 heterocycles. The minimum atomic E-state index is -0.296. The van der Waals surface area contributed by atoms with Gasteiger partial charge in [0.1, 0.15) is 11.9 Å². The molecule has 3 N–H and O–H groups in total. The van der Waals surface area contributed by atoms with Crippen molar-refractivity contribution < 1.29 is 9.18 Å². The smallest absolute Gasteiger partial charge is 0.238 e. The molecule has 3 rings (SSSR count). The van der Waals surface area contributed by atoms with E-state index >= 15 is 0 Å². The summed E-state index contributed by atoms with van der Waals surface area (Å²) in [5.74, 6) is -0.292. The van der Waals surface area contributed by atoms with E-state index in [0.29, 0.717) is 13.0 Å². The minimum absolute atomic E-state index is 0.00480. The van der Waals surface area contributed by atoms with Gasteiger partial charge in [0.15, 0.2) is 0 Å². The highest BCUT2D eigenvalue weighted by molar-refractivity contribution is 5.82.